The number of benzene rings is 2. The maximum Gasteiger partial charge on any atom is 0.231 e. The van der Waals surface area contributed by atoms with E-state index >= 15 is 0 Å². The summed E-state index contributed by atoms with van der Waals surface area (Å²) < 4.78 is 23.8. The van der Waals surface area contributed by atoms with Crippen LogP contribution in [0.15, 0.2) is 52.9 Å². The van der Waals surface area contributed by atoms with Crippen LogP contribution in [0.4, 0.5) is 4.39 Å². The van der Waals surface area contributed by atoms with Gasteiger partial charge in [-0.25, -0.2) is 4.39 Å². The predicted molar refractivity (Wildman–Crippen MR) is 72.6 cm³/mol. The van der Waals surface area contributed by atoms with Gasteiger partial charge in [0.05, 0.1) is 12.7 Å². The number of carbonyl (C=O) groups is 1. The molecule has 0 bridgehead atoms. The quantitative estimate of drug-likeness (QED) is 0.679. The van der Waals surface area contributed by atoms with Gasteiger partial charge < -0.3 is 9.15 Å². The molecule has 0 N–H and O–H groups in total. The fourth-order valence-corrected chi connectivity index (χ4v) is 2.09. The van der Waals surface area contributed by atoms with Crippen LogP contribution in [0.1, 0.15) is 16.1 Å². The fraction of sp³-hybridized carbons (Fsp3) is 0.0625. The molecule has 0 amide bonds. The van der Waals surface area contributed by atoms with Crippen molar-refractivity contribution >= 4 is 16.8 Å². The number of ketones is 1. The van der Waals surface area contributed by atoms with E-state index < -0.39 is 0 Å². The Labute approximate surface area is 114 Å². The van der Waals surface area contributed by atoms with Crippen LogP contribution in [0.3, 0.4) is 0 Å². The number of para-hydroxylation sites is 1. The summed E-state index contributed by atoms with van der Waals surface area (Å²) in [7, 11) is 1.50. The molecule has 0 fully saturated rings. The van der Waals surface area contributed by atoms with Gasteiger partial charge in [-0.1, -0.05) is 12.1 Å². The molecule has 3 nitrogen and oxygen atoms in total. The number of ether oxygens (including phenoxy) is 1. The molecular formula is C16H11FO3. The number of carbonyl (C=O) groups excluding carboxylic acids is 1. The van der Waals surface area contributed by atoms with Crippen molar-refractivity contribution in [2.75, 3.05) is 7.11 Å². The van der Waals surface area contributed by atoms with Crippen molar-refractivity contribution in [3.63, 3.8) is 0 Å². The second-order valence-corrected chi connectivity index (χ2v) is 4.32. The minimum absolute atomic E-state index is 0.162. The molecule has 0 spiro atoms. The summed E-state index contributed by atoms with van der Waals surface area (Å²) >= 11 is 0. The maximum absolute atomic E-state index is 13.1. The van der Waals surface area contributed by atoms with Gasteiger partial charge in [-0.05, 0) is 36.4 Å². The Balaban J connectivity index is 2.08. The molecule has 3 rings (SSSR count). The molecule has 0 saturated carbocycles. The topological polar surface area (TPSA) is 39.4 Å². The first-order valence-electron chi connectivity index (χ1n) is 6.06. The van der Waals surface area contributed by atoms with Gasteiger partial charge in [-0.2, -0.15) is 0 Å². The molecule has 3 aromatic rings. The average molecular weight is 270 g/mol. The van der Waals surface area contributed by atoms with Crippen molar-refractivity contribution in [2.45, 2.75) is 0 Å². The lowest BCUT2D eigenvalue weighted by atomic mass is 10.1. The maximum atomic E-state index is 13.1. The number of halogens is 1. The minimum atomic E-state index is -0.366. The number of furan rings is 1. The molecule has 20 heavy (non-hydrogen) atoms. The molecule has 0 radical (unpaired) electrons. The zero-order valence-corrected chi connectivity index (χ0v) is 10.7. The SMILES string of the molecule is COc1ccccc1C(=O)c1cc2cc(F)ccc2o1. The molecular weight excluding hydrogens is 259 g/mol. The first kappa shape index (κ1) is 12.4. The third kappa shape index (κ3) is 2.05. The van der Waals surface area contributed by atoms with E-state index in [-0.39, 0.29) is 17.4 Å². The lowest BCUT2D eigenvalue weighted by Gasteiger charge is -2.04. The van der Waals surface area contributed by atoms with E-state index in [1.54, 1.807) is 24.3 Å². The van der Waals surface area contributed by atoms with E-state index in [1.807, 2.05) is 0 Å². The van der Waals surface area contributed by atoms with Crippen LogP contribution in [0.25, 0.3) is 11.0 Å². The summed E-state index contributed by atoms with van der Waals surface area (Å²) in [5.41, 5.74) is 0.888. The van der Waals surface area contributed by atoms with Crippen LogP contribution in [0, 0.1) is 5.82 Å². The summed E-state index contributed by atoms with van der Waals surface area (Å²) in [5, 5.41) is 0.559. The molecule has 4 heteroatoms. The third-order valence-electron chi connectivity index (χ3n) is 3.05. The Hall–Kier alpha value is -2.62. The van der Waals surface area contributed by atoms with Crippen molar-refractivity contribution in [2.24, 2.45) is 0 Å². The van der Waals surface area contributed by atoms with Gasteiger partial charge in [0, 0.05) is 5.39 Å². The predicted octanol–water partition coefficient (Wildman–Crippen LogP) is 3.81. The number of methoxy groups -OCH3 is 1. The molecule has 1 heterocycles. The van der Waals surface area contributed by atoms with E-state index in [4.69, 9.17) is 9.15 Å². The molecule has 100 valence electrons. The van der Waals surface area contributed by atoms with Gasteiger partial charge in [0.25, 0.3) is 0 Å². The molecule has 1 aromatic heterocycles. The van der Waals surface area contributed by atoms with Crippen LogP contribution in [0.2, 0.25) is 0 Å². The highest BCUT2D eigenvalue weighted by molar-refractivity contribution is 6.10. The standard InChI is InChI=1S/C16H11FO3/c1-19-14-5-3-2-4-12(14)16(18)15-9-10-8-11(17)6-7-13(10)20-15/h2-9H,1H3. The first-order chi connectivity index (χ1) is 9.69. The van der Waals surface area contributed by atoms with E-state index in [9.17, 15) is 9.18 Å². The van der Waals surface area contributed by atoms with Gasteiger partial charge in [-0.3, -0.25) is 4.79 Å². The molecule has 0 aliphatic heterocycles. The van der Waals surface area contributed by atoms with E-state index in [0.29, 0.717) is 22.3 Å². The zero-order valence-electron chi connectivity index (χ0n) is 10.7. The van der Waals surface area contributed by atoms with Crippen molar-refractivity contribution < 1.29 is 18.3 Å². The van der Waals surface area contributed by atoms with Crippen LogP contribution >= 0.6 is 0 Å². The Morgan fingerprint density at radius 1 is 1.15 bits per heavy atom. The molecule has 0 saturated heterocycles. The summed E-state index contributed by atoms with van der Waals surface area (Å²) in [6, 6.07) is 12.6. The zero-order chi connectivity index (χ0) is 14.1. The summed E-state index contributed by atoms with van der Waals surface area (Å²) in [6.45, 7) is 0. The van der Waals surface area contributed by atoms with Gasteiger partial charge in [0.15, 0.2) is 5.76 Å². The summed E-state index contributed by atoms with van der Waals surface area (Å²) in [6.07, 6.45) is 0. The number of rotatable bonds is 3. The normalized spacial score (nSPS) is 10.7. The Bertz CT molecular complexity index is 789. The average Bonchev–Trinajstić information content (AvgIpc) is 2.89. The summed E-state index contributed by atoms with van der Waals surface area (Å²) in [4.78, 5) is 12.4. The molecule has 2 aromatic carbocycles. The number of hydrogen-bond acceptors (Lipinski definition) is 3. The van der Waals surface area contributed by atoms with Gasteiger partial charge >= 0.3 is 0 Å². The summed E-state index contributed by atoms with van der Waals surface area (Å²) in [5.74, 6) is -0.0205. The third-order valence-corrected chi connectivity index (χ3v) is 3.05. The van der Waals surface area contributed by atoms with Crippen LogP contribution in [-0.2, 0) is 0 Å². The molecule has 0 atom stereocenters. The van der Waals surface area contributed by atoms with Gasteiger partial charge in [-0.15, -0.1) is 0 Å². The van der Waals surface area contributed by atoms with Crippen molar-refractivity contribution in [3.8, 4) is 5.75 Å². The van der Waals surface area contributed by atoms with Crippen molar-refractivity contribution in [1.82, 2.24) is 0 Å². The highest BCUT2D eigenvalue weighted by atomic mass is 19.1. The van der Waals surface area contributed by atoms with Crippen LogP contribution in [0.5, 0.6) is 5.75 Å². The Kier molecular flexibility index (Phi) is 2.99. The minimum Gasteiger partial charge on any atom is -0.496 e. The Morgan fingerprint density at radius 3 is 2.75 bits per heavy atom. The lowest BCUT2D eigenvalue weighted by Crippen LogP contribution is -2.02. The van der Waals surface area contributed by atoms with E-state index in [1.165, 1.54) is 31.4 Å². The largest absolute Gasteiger partial charge is 0.496 e. The van der Waals surface area contributed by atoms with E-state index in [0.717, 1.165) is 0 Å². The smallest absolute Gasteiger partial charge is 0.231 e. The number of fused-ring (bicyclic) bond motifs is 1. The van der Waals surface area contributed by atoms with Crippen molar-refractivity contribution in [3.05, 3.63) is 65.7 Å². The molecule has 0 unspecified atom stereocenters. The van der Waals surface area contributed by atoms with E-state index in [2.05, 4.69) is 0 Å². The Morgan fingerprint density at radius 2 is 1.95 bits per heavy atom. The van der Waals surface area contributed by atoms with Crippen LogP contribution < -0.4 is 4.74 Å². The number of hydrogen-bond donors (Lipinski definition) is 0. The monoisotopic (exact) mass is 270 g/mol. The molecule has 0 aliphatic carbocycles. The second kappa shape index (κ2) is 4.81. The van der Waals surface area contributed by atoms with Gasteiger partial charge in [0.2, 0.25) is 5.78 Å². The highest BCUT2D eigenvalue weighted by Gasteiger charge is 2.18. The highest BCUT2D eigenvalue weighted by Crippen LogP contribution is 2.25. The fourth-order valence-electron chi connectivity index (χ4n) is 2.09. The van der Waals surface area contributed by atoms with Crippen LogP contribution in [-0.4, -0.2) is 12.9 Å². The van der Waals surface area contributed by atoms with Gasteiger partial charge in [0.1, 0.15) is 17.1 Å². The first-order valence-corrected chi connectivity index (χ1v) is 6.06. The molecule has 0 aliphatic rings. The lowest BCUT2D eigenvalue weighted by molar-refractivity contribution is 0.101. The van der Waals surface area contributed by atoms with Crippen molar-refractivity contribution in [1.29, 1.82) is 0 Å². The second-order valence-electron chi connectivity index (χ2n) is 4.32.